The molecule has 0 fully saturated rings. The second kappa shape index (κ2) is 10.6. The summed E-state index contributed by atoms with van der Waals surface area (Å²) in [4.78, 5) is 37.3. The van der Waals surface area contributed by atoms with Crippen molar-refractivity contribution in [1.82, 2.24) is 0 Å². The van der Waals surface area contributed by atoms with E-state index >= 15 is 0 Å². The van der Waals surface area contributed by atoms with Crippen molar-refractivity contribution < 1.29 is 29.0 Å². The molecule has 0 aliphatic carbocycles. The molecule has 0 aliphatic rings. The Hall–Kier alpha value is -3.15. The van der Waals surface area contributed by atoms with Gasteiger partial charge in [0.1, 0.15) is 12.2 Å². The van der Waals surface area contributed by atoms with Gasteiger partial charge in [-0.25, -0.2) is 9.59 Å². The quantitative estimate of drug-likeness (QED) is 0.483. The average Bonchev–Trinajstić information content (AvgIpc) is 2.77. The van der Waals surface area contributed by atoms with Crippen molar-refractivity contribution in [1.29, 1.82) is 0 Å². The van der Waals surface area contributed by atoms with Crippen LogP contribution in [0.25, 0.3) is 0 Å². The average molecular weight is 455 g/mol. The minimum Gasteiger partial charge on any atom is -0.478 e. The second-order valence-electron chi connectivity index (χ2n) is 9.59. The Labute approximate surface area is 195 Å². The lowest BCUT2D eigenvalue weighted by Crippen LogP contribution is -2.56. The van der Waals surface area contributed by atoms with Gasteiger partial charge in [-0.15, -0.1) is 0 Å². The molecule has 2 aromatic carbocycles. The number of carboxylic acids is 1. The van der Waals surface area contributed by atoms with Gasteiger partial charge < -0.3 is 14.6 Å². The van der Waals surface area contributed by atoms with Crippen molar-refractivity contribution in [3.63, 3.8) is 0 Å². The Morgan fingerprint density at radius 2 is 1.42 bits per heavy atom. The molecular weight excluding hydrogens is 420 g/mol. The Balaban J connectivity index is 2.54. The van der Waals surface area contributed by atoms with Crippen molar-refractivity contribution in [2.75, 3.05) is 6.61 Å². The summed E-state index contributed by atoms with van der Waals surface area (Å²) < 4.78 is 11.8. The fourth-order valence-electron chi connectivity index (χ4n) is 4.02. The fraction of sp³-hybridized carbons (Fsp3) is 0.444. The van der Waals surface area contributed by atoms with E-state index in [0.717, 1.165) is 5.56 Å². The number of carbonyl (C=O) groups excluding carboxylic acids is 2. The first kappa shape index (κ1) is 26.1. The molecule has 0 aromatic heterocycles. The number of esters is 2. The highest BCUT2D eigenvalue weighted by atomic mass is 16.6. The van der Waals surface area contributed by atoms with Crippen LogP contribution in [-0.2, 0) is 20.7 Å². The number of aromatic carboxylic acids is 1. The molecule has 1 unspecified atom stereocenters. The first-order valence-electron chi connectivity index (χ1n) is 11.2. The molecule has 0 radical (unpaired) electrons. The van der Waals surface area contributed by atoms with E-state index in [1.165, 1.54) is 12.1 Å². The van der Waals surface area contributed by atoms with E-state index in [9.17, 15) is 19.5 Å². The van der Waals surface area contributed by atoms with Crippen LogP contribution in [0.3, 0.4) is 0 Å². The van der Waals surface area contributed by atoms with Gasteiger partial charge >= 0.3 is 17.9 Å². The number of benzene rings is 2. The summed E-state index contributed by atoms with van der Waals surface area (Å²) in [5.41, 5.74) is -1.06. The maximum Gasteiger partial charge on any atom is 0.339 e. The smallest absolute Gasteiger partial charge is 0.339 e. The van der Waals surface area contributed by atoms with Gasteiger partial charge in [-0.3, -0.25) is 4.79 Å². The summed E-state index contributed by atoms with van der Waals surface area (Å²) in [6.07, 6.45) is 0.374. The van der Waals surface area contributed by atoms with Gasteiger partial charge in [0.15, 0.2) is 0 Å². The predicted octanol–water partition coefficient (Wildman–Crippen LogP) is 5.40. The normalized spacial score (nSPS) is 13.5. The van der Waals surface area contributed by atoms with E-state index < -0.39 is 23.0 Å². The lowest BCUT2D eigenvalue weighted by atomic mass is 9.66. The number of rotatable bonds is 10. The van der Waals surface area contributed by atoms with Gasteiger partial charge in [-0.05, 0) is 23.6 Å². The first-order valence-corrected chi connectivity index (χ1v) is 11.2. The third-order valence-electron chi connectivity index (χ3n) is 6.09. The van der Waals surface area contributed by atoms with Gasteiger partial charge in [-0.2, -0.15) is 0 Å². The lowest BCUT2D eigenvalue weighted by molar-refractivity contribution is -0.165. The number of hydrogen-bond donors (Lipinski definition) is 1. The van der Waals surface area contributed by atoms with Crippen molar-refractivity contribution in [2.45, 2.75) is 53.6 Å². The zero-order valence-electron chi connectivity index (χ0n) is 20.3. The zero-order chi connectivity index (χ0) is 24.8. The van der Waals surface area contributed by atoms with E-state index in [2.05, 4.69) is 0 Å². The number of carbonyl (C=O) groups is 3. The summed E-state index contributed by atoms with van der Waals surface area (Å²) in [7, 11) is 0. The van der Waals surface area contributed by atoms with E-state index in [4.69, 9.17) is 9.47 Å². The van der Waals surface area contributed by atoms with Crippen LogP contribution in [0.4, 0.5) is 0 Å². The zero-order valence-corrected chi connectivity index (χ0v) is 20.3. The van der Waals surface area contributed by atoms with Gasteiger partial charge in [0.25, 0.3) is 0 Å². The fourth-order valence-corrected chi connectivity index (χ4v) is 4.02. The topological polar surface area (TPSA) is 89.9 Å². The van der Waals surface area contributed by atoms with Gasteiger partial charge in [0.05, 0.1) is 17.0 Å². The number of ether oxygens (including phenoxy) is 2. The molecule has 0 aliphatic heterocycles. The molecule has 0 amide bonds. The molecule has 6 heteroatoms. The minimum absolute atomic E-state index is 0.0157. The maximum atomic E-state index is 13.4. The molecule has 0 bridgehead atoms. The summed E-state index contributed by atoms with van der Waals surface area (Å²) >= 11 is 0. The summed E-state index contributed by atoms with van der Waals surface area (Å²) in [6.45, 7) is 11.3. The Morgan fingerprint density at radius 3 is 1.94 bits per heavy atom. The predicted molar refractivity (Wildman–Crippen MR) is 126 cm³/mol. The van der Waals surface area contributed by atoms with E-state index in [0.29, 0.717) is 6.42 Å². The molecule has 1 N–H and O–H groups in total. The van der Waals surface area contributed by atoms with Gasteiger partial charge in [0, 0.05) is 11.8 Å². The number of carboxylic acid groups (broad SMARTS) is 1. The maximum absolute atomic E-state index is 13.4. The van der Waals surface area contributed by atoms with Crippen molar-refractivity contribution in [3.8, 4) is 0 Å². The van der Waals surface area contributed by atoms with E-state index in [1.807, 2.05) is 58.0 Å². The molecule has 0 saturated carbocycles. The molecule has 6 nitrogen and oxygen atoms in total. The SMILES string of the molecule is CC(C)C(=O)OCC(C)(C)C(Cc1ccccc1)(OC(=O)c1ccccc1C(=O)O)C(C)C. The standard InChI is InChI=1S/C27H34O6/c1-18(2)24(30)32-17-26(5,6)27(19(3)4,16-20-12-8-7-9-13-20)33-25(31)22-15-11-10-14-21(22)23(28)29/h7-15,18-19H,16-17H2,1-6H3,(H,28,29). The Bertz CT molecular complexity index is 977. The van der Waals surface area contributed by atoms with E-state index in [1.54, 1.807) is 26.0 Å². The highest BCUT2D eigenvalue weighted by Crippen LogP contribution is 2.44. The Kier molecular flexibility index (Phi) is 8.42. The van der Waals surface area contributed by atoms with Crippen molar-refractivity contribution in [3.05, 3.63) is 71.3 Å². The van der Waals surface area contributed by atoms with Crippen molar-refractivity contribution in [2.24, 2.45) is 17.3 Å². The highest BCUT2D eigenvalue weighted by molar-refractivity contribution is 6.02. The largest absolute Gasteiger partial charge is 0.478 e. The van der Waals surface area contributed by atoms with Crippen LogP contribution in [0, 0.1) is 17.3 Å². The van der Waals surface area contributed by atoms with Gasteiger partial charge in [0.2, 0.25) is 0 Å². The van der Waals surface area contributed by atoms with Crippen LogP contribution in [-0.4, -0.2) is 35.2 Å². The first-order chi connectivity index (χ1) is 15.4. The summed E-state index contributed by atoms with van der Waals surface area (Å²) in [5.74, 6) is -2.71. The second-order valence-corrected chi connectivity index (χ2v) is 9.59. The molecule has 178 valence electrons. The molecule has 0 heterocycles. The van der Waals surface area contributed by atoms with Crippen LogP contribution in [0.5, 0.6) is 0 Å². The molecule has 2 rings (SSSR count). The van der Waals surface area contributed by atoms with E-state index in [-0.39, 0.29) is 35.5 Å². The van der Waals surface area contributed by atoms with Crippen LogP contribution in [0.15, 0.2) is 54.6 Å². The van der Waals surface area contributed by atoms with Crippen LogP contribution >= 0.6 is 0 Å². The molecule has 2 aromatic rings. The monoisotopic (exact) mass is 454 g/mol. The third-order valence-corrected chi connectivity index (χ3v) is 6.09. The molecule has 33 heavy (non-hydrogen) atoms. The van der Waals surface area contributed by atoms with Gasteiger partial charge in [-0.1, -0.05) is 84.0 Å². The summed E-state index contributed by atoms with van der Waals surface area (Å²) in [5, 5.41) is 9.55. The molecule has 0 spiro atoms. The summed E-state index contributed by atoms with van der Waals surface area (Å²) in [6, 6.07) is 15.6. The number of hydrogen-bond acceptors (Lipinski definition) is 5. The minimum atomic E-state index is -1.20. The lowest BCUT2D eigenvalue weighted by Gasteiger charge is -2.48. The molecule has 1 atom stereocenters. The van der Waals surface area contributed by atoms with Crippen LogP contribution in [0.1, 0.15) is 67.8 Å². The Morgan fingerprint density at radius 1 is 0.879 bits per heavy atom. The molecule has 0 saturated heterocycles. The van der Waals surface area contributed by atoms with Crippen molar-refractivity contribution >= 4 is 17.9 Å². The van der Waals surface area contributed by atoms with Crippen LogP contribution < -0.4 is 0 Å². The third kappa shape index (κ3) is 6.01. The van der Waals surface area contributed by atoms with Crippen LogP contribution in [0.2, 0.25) is 0 Å². The molecular formula is C27H34O6. The highest BCUT2D eigenvalue weighted by Gasteiger charge is 2.52.